The summed E-state index contributed by atoms with van der Waals surface area (Å²) in [6.45, 7) is 9.89. The monoisotopic (exact) mass is 323 g/mol. The van der Waals surface area contributed by atoms with E-state index in [1.165, 1.54) is 11.1 Å². The molecule has 24 heavy (non-hydrogen) atoms. The first-order chi connectivity index (χ1) is 11.7. The van der Waals surface area contributed by atoms with Gasteiger partial charge in [-0.2, -0.15) is 0 Å². The van der Waals surface area contributed by atoms with Crippen molar-refractivity contribution in [3.05, 3.63) is 84.4 Å². The summed E-state index contributed by atoms with van der Waals surface area (Å²) >= 11 is 0. The SMILES string of the molecule is C=C[C@@H]([C@H](O)CC)[C@@H](C)N(Cc1ccccc1)Cc1ccccc1. The number of hydrogen-bond acceptors (Lipinski definition) is 2. The van der Waals surface area contributed by atoms with Crippen LogP contribution >= 0.6 is 0 Å². The summed E-state index contributed by atoms with van der Waals surface area (Å²) in [5.41, 5.74) is 2.57. The normalized spacial score (nSPS) is 15.0. The molecule has 0 aliphatic carbocycles. The highest BCUT2D eigenvalue weighted by atomic mass is 16.3. The van der Waals surface area contributed by atoms with E-state index in [1.54, 1.807) is 0 Å². The van der Waals surface area contributed by atoms with Gasteiger partial charge in [-0.15, -0.1) is 6.58 Å². The molecule has 128 valence electrons. The zero-order chi connectivity index (χ0) is 17.4. The molecule has 0 bridgehead atoms. The molecule has 0 radical (unpaired) electrons. The molecule has 2 nitrogen and oxygen atoms in total. The van der Waals surface area contributed by atoms with Gasteiger partial charge in [0.15, 0.2) is 0 Å². The number of aliphatic hydroxyl groups excluding tert-OH is 1. The van der Waals surface area contributed by atoms with E-state index in [1.807, 2.05) is 25.1 Å². The minimum absolute atomic E-state index is 0.0578. The van der Waals surface area contributed by atoms with Crippen LogP contribution in [0.15, 0.2) is 73.3 Å². The molecule has 2 aromatic carbocycles. The summed E-state index contributed by atoms with van der Waals surface area (Å²) in [6.07, 6.45) is 2.29. The fraction of sp³-hybridized carbons (Fsp3) is 0.364. The van der Waals surface area contributed by atoms with Crippen molar-refractivity contribution in [1.29, 1.82) is 0 Å². The van der Waals surface area contributed by atoms with Crippen LogP contribution in [-0.2, 0) is 13.1 Å². The lowest BCUT2D eigenvalue weighted by Gasteiger charge is -2.35. The van der Waals surface area contributed by atoms with Crippen molar-refractivity contribution in [2.45, 2.75) is 45.5 Å². The van der Waals surface area contributed by atoms with Crippen LogP contribution in [0.2, 0.25) is 0 Å². The van der Waals surface area contributed by atoms with E-state index in [0.29, 0.717) is 0 Å². The van der Waals surface area contributed by atoms with Gasteiger partial charge in [0.2, 0.25) is 0 Å². The van der Waals surface area contributed by atoms with Gasteiger partial charge in [-0.25, -0.2) is 0 Å². The molecule has 0 heterocycles. The maximum Gasteiger partial charge on any atom is 0.0615 e. The van der Waals surface area contributed by atoms with Gasteiger partial charge in [-0.3, -0.25) is 4.90 Å². The summed E-state index contributed by atoms with van der Waals surface area (Å²) < 4.78 is 0. The lowest BCUT2D eigenvalue weighted by molar-refractivity contribution is 0.0572. The number of aliphatic hydroxyl groups is 1. The predicted molar refractivity (Wildman–Crippen MR) is 102 cm³/mol. The molecule has 0 saturated heterocycles. The van der Waals surface area contributed by atoms with Crippen LogP contribution in [0.3, 0.4) is 0 Å². The van der Waals surface area contributed by atoms with Crippen molar-refractivity contribution in [1.82, 2.24) is 4.90 Å². The Hall–Kier alpha value is -1.90. The van der Waals surface area contributed by atoms with E-state index in [4.69, 9.17) is 0 Å². The third-order valence-electron chi connectivity index (χ3n) is 4.72. The highest BCUT2D eigenvalue weighted by Crippen LogP contribution is 2.23. The van der Waals surface area contributed by atoms with Gasteiger partial charge in [0.25, 0.3) is 0 Å². The summed E-state index contributed by atoms with van der Waals surface area (Å²) in [5.74, 6) is 0.0578. The Balaban J connectivity index is 2.22. The van der Waals surface area contributed by atoms with Crippen molar-refractivity contribution in [2.75, 3.05) is 0 Å². The Labute approximate surface area is 146 Å². The number of rotatable bonds is 9. The van der Waals surface area contributed by atoms with Crippen LogP contribution in [-0.4, -0.2) is 22.2 Å². The molecule has 0 amide bonds. The van der Waals surface area contributed by atoms with Crippen molar-refractivity contribution in [2.24, 2.45) is 5.92 Å². The van der Waals surface area contributed by atoms with Crippen molar-refractivity contribution >= 4 is 0 Å². The Morgan fingerprint density at radius 3 is 1.79 bits per heavy atom. The topological polar surface area (TPSA) is 23.5 Å². The Morgan fingerprint density at radius 2 is 1.42 bits per heavy atom. The number of nitrogens with zero attached hydrogens (tertiary/aromatic N) is 1. The minimum atomic E-state index is -0.355. The molecule has 0 aliphatic rings. The molecule has 0 aliphatic heterocycles. The van der Waals surface area contributed by atoms with Crippen LogP contribution in [0.4, 0.5) is 0 Å². The predicted octanol–water partition coefficient (Wildman–Crippen LogP) is 4.65. The zero-order valence-corrected chi connectivity index (χ0v) is 14.8. The summed E-state index contributed by atoms with van der Waals surface area (Å²) in [6, 6.07) is 21.2. The summed E-state index contributed by atoms with van der Waals surface area (Å²) in [5, 5.41) is 10.4. The van der Waals surface area contributed by atoms with Gasteiger partial charge in [-0.1, -0.05) is 73.7 Å². The van der Waals surface area contributed by atoms with Crippen molar-refractivity contribution < 1.29 is 5.11 Å². The average Bonchev–Trinajstić information content (AvgIpc) is 2.63. The highest BCUT2D eigenvalue weighted by Gasteiger charge is 2.26. The molecular formula is C22H29NO. The van der Waals surface area contributed by atoms with Gasteiger partial charge in [0, 0.05) is 25.0 Å². The molecule has 0 saturated carbocycles. The quantitative estimate of drug-likeness (QED) is 0.679. The highest BCUT2D eigenvalue weighted by molar-refractivity contribution is 5.17. The largest absolute Gasteiger partial charge is 0.392 e. The minimum Gasteiger partial charge on any atom is -0.392 e. The first-order valence-corrected chi connectivity index (χ1v) is 8.78. The molecule has 3 atom stereocenters. The molecular weight excluding hydrogens is 294 g/mol. The average molecular weight is 323 g/mol. The van der Waals surface area contributed by atoms with E-state index >= 15 is 0 Å². The van der Waals surface area contributed by atoms with Crippen LogP contribution in [0.1, 0.15) is 31.4 Å². The van der Waals surface area contributed by atoms with Gasteiger partial charge in [0.1, 0.15) is 0 Å². The fourth-order valence-corrected chi connectivity index (χ4v) is 3.17. The molecule has 2 aromatic rings. The fourth-order valence-electron chi connectivity index (χ4n) is 3.17. The third kappa shape index (κ3) is 5.05. The lowest BCUT2D eigenvalue weighted by atomic mass is 9.91. The molecule has 0 aromatic heterocycles. The maximum absolute atomic E-state index is 10.4. The number of hydrogen-bond donors (Lipinski definition) is 1. The molecule has 0 unspecified atom stereocenters. The second-order valence-electron chi connectivity index (χ2n) is 6.41. The second kappa shape index (κ2) is 9.41. The number of benzene rings is 2. The Morgan fingerprint density at radius 1 is 0.958 bits per heavy atom. The first kappa shape index (κ1) is 18.4. The van der Waals surface area contributed by atoms with E-state index in [-0.39, 0.29) is 18.1 Å². The van der Waals surface area contributed by atoms with Crippen LogP contribution < -0.4 is 0 Å². The smallest absolute Gasteiger partial charge is 0.0615 e. The third-order valence-corrected chi connectivity index (χ3v) is 4.72. The molecule has 2 heteroatoms. The van der Waals surface area contributed by atoms with Crippen molar-refractivity contribution in [3.63, 3.8) is 0 Å². The van der Waals surface area contributed by atoms with Gasteiger partial charge in [0.05, 0.1) is 6.10 Å². The molecule has 2 rings (SSSR count). The Bertz CT molecular complexity index is 554. The van der Waals surface area contributed by atoms with E-state index in [2.05, 4.69) is 66.9 Å². The van der Waals surface area contributed by atoms with Gasteiger partial charge >= 0.3 is 0 Å². The molecule has 1 N–H and O–H groups in total. The maximum atomic E-state index is 10.4. The Kier molecular flexibility index (Phi) is 7.23. The second-order valence-corrected chi connectivity index (χ2v) is 6.41. The van der Waals surface area contributed by atoms with Crippen LogP contribution in [0, 0.1) is 5.92 Å². The van der Waals surface area contributed by atoms with Crippen LogP contribution in [0.25, 0.3) is 0 Å². The van der Waals surface area contributed by atoms with Gasteiger partial charge in [-0.05, 0) is 24.5 Å². The first-order valence-electron chi connectivity index (χ1n) is 8.78. The summed E-state index contributed by atoms with van der Waals surface area (Å²) in [4.78, 5) is 2.43. The standard InChI is InChI=1S/C22H29NO/c1-4-21(22(24)5-2)18(3)23(16-19-12-8-6-9-13-19)17-20-14-10-7-11-15-20/h4,6-15,18,21-22,24H,1,5,16-17H2,2-3H3/t18-,21-,22-/m1/s1. The van der Waals surface area contributed by atoms with Gasteiger partial charge < -0.3 is 5.11 Å². The molecule has 0 fully saturated rings. The van der Waals surface area contributed by atoms with Crippen LogP contribution in [0.5, 0.6) is 0 Å². The zero-order valence-electron chi connectivity index (χ0n) is 14.8. The summed E-state index contributed by atoms with van der Waals surface area (Å²) in [7, 11) is 0. The van der Waals surface area contributed by atoms with E-state index < -0.39 is 0 Å². The molecule has 0 spiro atoms. The lowest BCUT2D eigenvalue weighted by Crippen LogP contribution is -2.41. The van der Waals surface area contributed by atoms with E-state index in [9.17, 15) is 5.11 Å². The van der Waals surface area contributed by atoms with Crippen molar-refractivity contribution in [3.8, 4) is 0 Å². The van der Waals surface area contributed by atoms with E-state index in [0.717, 1.165) is 19.5 Å².